The van der Waals surface area contributed by atoms with E-state index < -0.39 is 0 Å². The Morgan fingerprint density at radius 2 is 1.62 bits per heavy atom. The summed E-state index contributed by atoms with van der Waals surface area (Å²) >= 11 is 0. The highest BCUT2D eigenvalue weighted by Gasteiger charge is 2.27. The van der Waals surface area contributed by atoms with Gasteiger partial charge in [-0.2, -0.15) is 5.10 Å². The molecule has 0 bridgehead atoms. The van der Waals surface area contributed by atoms with E-state index in [4.69, 9.17) is 0 Å². The number of nitrogens with zero attached hydrogens (tertiary/aromatic N) is 2. The summed E-state index contributed by atoms with van der Waals surface area (Å²) in [5.41, 5.74) is 9.43. The van der Waals surface area contributed by atoms with Crippen molar-refractivity contribution in [2.75, 3.05) is 18.4 Å². The smallest absolute Gasteiger partial charge is 0.259 e. The fourth-order valence-electron chi connectivity index (χ4n) is 4.64. The number of rotatable bonds is 4. The Kier molecular flexibility index (Phi) is 7.42. The number of benzene rings is 2. The van der Waals surface area contributed by atoms with Crippen LogP contribution in [0.5, 0.6) is 0 Å². The normalized spacial score (nSPS) is 14.2. The van der Waals surface area contributed by atoms with E-state index in [9.17, 15) is 4.79 Å². The fourth-order valence-corrected chi connectivity index (χ4v) is 4.64. The number of aromatic nitrogens is 2. The van der Waals surface area contributed by atoms with Gasteiger partial charge in [0, 0.05) is 11.6 Å². The van der Waals surface area contributed by atoms with Gasteiger partial charge in [-0.25, -0.2) is 4.68 Å². The molecule has 1 aromatic heterocycles. The van der Waals surface area contributed by atoms with Gasteiger partial charge in [-0.3, -0.25) is 4.79 Å². The van der Waals surface area contributed by atoms with E-state index in [0.717, 1.165) is 54.1 Å². The predicted octanol–water partition coefficient (Wildman–Crippen LogP) is 5.56. The van der Waals surface area contributed by atoms with E-state index in [1.165, 1.54) is 16.7 Å². The van der Waals surface area contributed by atoms with Crippen molar-refractivity contribution < 1.29 is 4.79 Å². The largest absolute Gasteiger partial charge is 0.321 e. The standard InChI is InChI=1S/C26H32N4O.ClH/c1-16-12-19(4)24(20(5)13-16)29-26(31)23-15-28-30(22-7-6-17(2)18(3)14-22)25(23)21-8-10-27-11-9-21;/h6-7,12-15,21,27H,8-11H2,1-5H3,(H,29,31);1H. The number of nitrogens with one attached hydrogen (secondary N) is 2. The van der Waals surface area contributed by atoms with E-state index in [1.807, 2.05) is 18.5 Å². The average Bonchev–Trinajstić information content (AvgIpc) is 3.18. The van der Waals surface area contributed by atoms with Crippen molar-refractivity contribution in [3.63, 3.8) is 0 Å². The van der Waals surface area contributed by atoms with Crippen LogP contribution >= 0.6 is 12.4 Å². The Labute approximate surface area is 197 Å². The molecule has 1 aliphatic heterocycles. The van der Waals surface area contributed by atoms with E-state index in [0.29, 0.717) is 11.5 Å². The number of amides is 1. The summed E-state index contributed by atoms with van der Waals surface area (Å²) < 4.78 is 1.98. The monoisotopic (exact) mass is 452 g/mol. The molecular weight excluding hydrogens is 420 g/mol. The highest BCUT2D eigenvalue weighted by molar-refractivity contribution is 6.06. The third kappa shape index (κ3) is 4.74. The second-order valence-corrected chi connectivity index (χ2v) is 8.88. The zero-order chi connectivity index (χ0) is 22.1. The second kappa shape index (κ2) is 9.88. The van der Waals surface area contributed by atoms with Gasteiger partial charge in [-0.15, -0.1) is 12.4 Å². The van der Waals surface area contributed by atoms with E-state index in [-0.39, 0.29) is 18.3 Å². The molecule has 170 valence electrons. The Hall–Kier alpha value is -2.63. The van der Waals surface area contributed by atoms with Crippen molar-refractivity contribution in [3.8, 4) is 5.69 Å². The molecule has 4 rings (SSSR count). The fraction of sp³-hybridized carbons (Fsp3) is 0.385. The van der Waals surface area contributed by atoms with Gasteiger partial charge in [-0.1, -0.05) is 23.8 Å². The number of hydrogen-bond acceptors (Lipinski definition) is 3. The highest BCUT2D eigenvalue weighted by atomic mass is 35.5. The van der Waals surface area contributed by atoms with E-state index in [2.05, 4.69) is 66.8 Å². The Balaban J connectivity index is 0.00000289. The number of carbonyl (C=O) groups excluding carboxylic acids is 1. The van der Waals surface area contributed by atoms with Crippen LogP contribution < -0.4 is 10.6 Å². The first-order valence-corrected chi connectivity index (χ1v) is 11.1. The predicted molar refractivity (Wildman–Crippen MR) is 134 cm³/mol. The minimum Gasteiger partial charge on any atom is -0.321 e. The Morgan fingerprint density at radius 3 is 2.25 bits per heavy atom. The molecule has 0 aliphatic carbocycles. The zero-order valence-electron chi connectivity index (χ0n) is 19.6. The van der Waals surface area contributed by atoms with Crippen molar-refractivity contribution in [3.05, 3.63) is 75.6 Å². The van der Waals surface area contributed by atoms with Crippen LogP contribution in [0.15, 0.2) is 36.5 Å². The minimum absolute atomic E-state index is 0. The van der Waals surface area contributed by atoms with Crippen LogP contribution in [0.2, 0.25) is 0 Å². The number of anilines is 1. The molecule has 0 atom stereocenters. The highest BCUT2D eigenvalue weighted by Crippen LogP contribution is 2.32. The summed E-state index contributed by atoms with van der Waals surface area (Å²) in [6.07, 6.45) is 3.74. The molecule has 6 heteroatoms. The Morgan fingerprint density at radius 1 is 0.969 bits per heavy atom. The number of hydrogen-bond donors (Lipinski definition) is 2. The summed E-state index contributed by atoms with van der Waals surface area (Å²) in [7, 11) is 0. The van der Waals surface area contributed by atoms with E-state index in [1.54, 1.807) is 6.20 Å². The van der Waals surface area contributed by atoms with Crippen LogP contribution in [-0.4, -0.2) is 28.8 Å². The molecule has 0 saturated carbocycles. The van der Waals surface area contributed by atoms with E-state index >= 15 is 0 Å². The third-order valence-electron chi connectivity index (χ3n) is 6.43. The quantitative estimate of drug-likeness (QED) is 0.545. The first-order valence-electron chi connectivity index (χ1n) is 11.1. The van der Waals surface area contributed by atoms with Crippen LogP contribution in [0.1, 0.15) is 62.6 Å². The molecule has 1 saturated heterocycles. The molecule has 1 aliphatic rings. The molecular formula is C26H33ClN4O. The van der Waals surface area contributed by atoms with Crippen LogP contribution in [0.25, 0.3) is 5.69 Å². The van der Waals surface area contributed by atoms with Gasteiger partial charge in [0.2, 0.25) is 0 Å². The van der Waals surface area contributed by atoms with Crippen molar-refractivity contribution in [2.45, 2.75) is 53.4 Å². The molecule has 3 aromatic rings. The maximum atomic E-state index is 13.5. The summed E-state index contributed by atoms with van der Waals surface area (Å²) in [5, 5.41) is 11.3. The maximum Gasteiger partial charge on any atom is 0.259 e. The summed E-state index contributed by atoms with van der Waals surface area (Å²) in [6.45, 7) is 12.3. The molecule has 2 N–H and O–H groups in total. The SMILES string of the molecule is Cc1cc(C)c(NC(=O)c2cnn(-c3ccc(C)c(C)c3)c2C2CCNCC2)c(C)c1.Cl. The van der Waals surface area contributed by atoms with Gasteiger partial charge in [0.05, 0.1) is 23.1 Å². The third-order valence-corrected chi connectivity index (χ3v) is 6.43. The molecule has 0 spiro atoms. The summed E-state index contributed by atoms with van der Waals surface area (Å²) in [4.78, 5) is 13.5. The molecule has 0 unspecified atom stereocenters. The van der Waals surface area contributed by atoms with Crippen LogP contribution in [0.4, 0.5) is 5.69 Å². The first kappa shape index (κ1) is 24.0. The van der Waals surface area contributed by atoms with Crippen LogP contribution in [0.3, 0.4) is 0 Å². The number of aryl methyl sites for hydroxylation is 5. The van der Waals surface area contributed by atoms with Crippen molar-refractivity contribution in [1.29, 1.82) is 0 Å². The molecule has 1 amide bonds. The van der Waals surface area contributed by atoms with Gasteiger partial charge < -0.3 is 10.6 Å². The minimum atomic E-state index is -0.0846. The summed E-state index contributed by atoms with van der Waals surface area (Å²) in [6, 6.07) is 10.6. The first-order chi connectivity index (χ1) is 14.8. The lowest BCUT2D eigenvalue weighted by molar-refractivity contribution is 0.102. The van der Waals surface area contributed by atoms with Crippen molar-refractivity contribution >= 4 is 24.0 Å². The van der Waals surface area contributed by atoms with Crippen molar-refractivity contribution in [2.24, 2.45) is 0 Å². The molecule has 0 radical (unpaired) electrons. The lowest BCUT2D eigenvalue weighted by Crippen LogP contribution is -2.29. The van der Waals surface area contributed by atoms with Crippen LogP contribution in [-0.2, 0) is 0 Å². The second-order valence-electron chi connectivity index (χ2n) is 8.88. The number of carbonyl (C=O) groups is 1. The Bertz CT molecular complexity index is 1110. The molecule has 5 nitrogen and oxygen atoms in total. The van der Waals surface area contributed by atoms with Gasteiger partial charge in [0.15, 0.2) is 0 Å². The lowest BCUT2D eigenvalue weighted by Gasteiger charge is -2.25. The van der Waals surface area contributed by atoms with Crippen LogP contribution in [0, 0.1) is 34.6 Å². The molecule has 2 aromatic carbocycles. The topological polar surface area (TPSA) is 59.0 Å². The van der Waals surface area contributed by atoms with Crippen molar-refractivity contribution in [1.82, 2.24) is 15.1 Å². The summed E-state index contributed by atoms with van der Waals surface area (Å²) in [5.74, 6) is 0.213. The molecule has 32 heavy (non-hydrogen) atoms. The average molecular weight is 453 g/mol. The lowest BCUT2D eigenvalue weighted by atomic mass is 9.91. The number of halogens is 1. The van der Waals surface area contributed by atoms with Gasteiger partial charge in [-0.05, 0) is 94.9 Å². The molecule has 2 heterocycles. The maximum absolute atomic E-state index is 13.5. The zero-order valence-corrected chi connectivity index (χ0v) is 20.4. The van der Waals surface area contributed by atoms with Gasteiger partial charge in [0.25, 0.3) is 5.91 Å². The number of piperidine rings is 1. The molecule has 1 fully saturated rings. The van der Waals surface area contributed by atoms with Gasteiger partial charge in [0.1, 0.15) is 0 Å². The van der Waals surface area contributed by atoms with Gasteiger partial charge >= 0.3 is 0 Å².